The molecule has 0 spiro atoms. The maximum Gasteiger partial charge on any atom is 0.213 e. The van der Waals surface area contributed by atoms with E-state index in [4.69, 9.17) is 0 Å². The van der Waals surface area contributed by atoms with Gasteiger partial charge in [-0.15, -0.1) is 0 Å². The molecule has 2 rings (SSSR count). The van der Waals surface area contributed by atoms with Crippen LogP contribution in [0, 0.1) is 0 Å². The molecule has 0 aliphatic heterocycles. The van der Waals surface area contributed by atoms with Gasteiger partial charge in [-0.25, -0.2) is 9.67 Å². The van der Waals surface area contributed by atoms with E-state index in [0.717, 1.165) is 0 Å². The SMILES string of the molecule is c1ncn(Cc2ncon2)n1. The van der Waals surface area contributed by atoms with E-state index in [9.17, 15) is 0 Å². The maximum absolute atomic E-state index is 4.54. The minimum absolute atomic E-state index is 0.497. The Hall–Kier alpha value is -1.72. The van der Waals surface area contributed by atoms with E-state index in [2.05, 4.69) is 24.7 Å². The van der Waals surface area contributed by atoms with Gasteiger partial charge in [-0.1, -0.05) is 5.16 Å². The molecule has 6 nitrogen and oxygen atoms in total. The summed E-state index contributed by atoms with van der Waals surface area (Å²) in [6.07, 6.45) is 4.34. The summed E-state index contributed by atoms with van der Waals surface area (Å²) in [7, 11) is 0. The number of rotatable bonds is 2. The molecule has 0 saturated heterocycles. The van der Waals surface area contributed by atoms with E-state index in [1.165, 1.54) is 12.7 Å². The van der Waals surface area contributed by atoms with Crippen molar-refractivity contribution >= 4 is 0 Å². The Morgan fingerprint density at radius 3 is 3.18 bits per heavy atom. The molecule has 0 radical (unpaired) electrons. The van der Waals surface area contributed by atoms with E-state index in [0.29, 0.717) is 12.4 Å². The highest BCUT2D eigenvalue weighted by atomic mass is 16.5. The van der Waals surface area contributed by atoms with Crippen molar-refractivity contribution in [3.63, 3.8) is 0 Å². The van der Waals surface area contributed by atoms with Crippen LogP contribution in [0.3, 0.4) is 0 Å². The molecule has 0 aliphatic carbocycles. The fourth-order valence-corrected chi connectivity index (χ4v) is 0.721. The van der Waals surface area contributed by atoms with E-state index in [1.807, 2.05) is 0 Å². The van der Waals surface area contributed by atoms with Gasteiger partial charge in [-0.2, -0.15) is 10.1 Å². The molecule has 0 aromatic carbocycles. The lowest BCUT2D eigenvalue weighted by Gasteiger charge is -1.90. The quantitative estimate of drug-likeness (QED) is 0.589. The van der Waals surface area contributed by atoms with Gasteiger partial charge in [0.1, 0.15) is 19.2 Å². The molecule has 0 N–H and O–H groups in total. The molecule has 0 atom stereocenters. The lowest BCUT2D eigenvalue weighted by molar-refractivity contribution is 0.407. The molecule has 0 bridgehead atoms. The number of hydrogen-bond donors (Lipinski definition) is 0. The first kappa shape index (κ1) is 6.02. The van der Waals surface area contributed by atoms with Gasteiger partial charge in [0, 0.05) is 0 Å². The third-order valence-corrected chi connectivity index (χ3v) is 1.18. The van der Waals surface area contributed by atoms with Crippen molar-refractivity contribution in [1.29, 1.82) is 0 Å². The minimum atomic E-state index is 0.497. The Labute approximate surface area is 61.9 Å². The van der Waals surface area contributed by atoms with Crippen LogP contribution in [0.25, 0.3) is 0 Å². The molecule has 2 aromatic rings. The van der Waals surface area contributed by atoms with Crippen molar-refractivity contribution in [1.82, 2.24) is 24.9 Å². The Kier molecular flexibility index (Phi) is 1.36. The smallest absolute Gasteiger partial charge is 0.213 e. The van der Waals surface area contributed by atoms with Gasteiger partial charge in [0.15, 0.2) is 5.82 Å². The summed E-state index contributed by atoms with van der Waals surface area (Å²) in [5.41, 5.74) is 0. The number of hydrogen-bond acceptors (Lipinski definition) is 5. The lowest BCUT2D eigenvalue weighted by atomic mass is 10.6. The zero-order chi connectivity index (χ0) is 7.52. The minimum Gasteiger partial charge on any atom is -0.343 e. The average Bonchev–Trinajstić information content (AvgIpc) is 2.60. The molecule has 0 unspecified atom stereocenters. The van der Waals surface area contributed by atoms with Gasteiger partial charge < -0.3 is 4.52 Å². The van der Waals surface area contributed by atoms with Gasteiger partial charge in [0.2, 0.25) is 6.39 Å². The summed E-state index contributed by atoms with van der Waals surface area (Å²) in [5, 5.41) is 7.49. The Morgan fingerprint density at radius 2 is 2.55 bits per heavy atom. The predicted octanol–water partition coefficient (Wildman–Crippen LogP) is -0.291. The van der Waals surface area contributed by atoms with E-state index >= 15 is 0 Å². The van der Waals surface area contributed by atoms with Gasteiger partial charge in [-0.05, 0) is 0 Å². The van der Waals surface area contributed by atoms with Crippen LogP contribution in [-0.4, -0.2) is 24.9 Å². The largest absolute Gasteiger partial charge is 0.343 e. The van der Waals surface area contributed by atoms with E-state index in [-0.39, 0.29) is 0 Å². The molecule has 11 heavy (non-hydrogen) atoms. The summed E-state index contributed by atoms with van der Waals surface area (Å²) >= 11 is 0. The van der Waals surface area contributed by atoms with E-state index < -0.39 is 0 Å². The zero-order valence-electron chi connectivity index (χ0n) is 5.58. The van der Waals surface area contributed by atoms with Crippen LogP contribution in [0.2, 0.25) is 0 Å². The average molecular weight is 151 g/mol. The molecule has 6 heteroatoms. The topological polar surface area (TPSA) is 69.6 Å². The number of nitrogens with zero attached hydrogens (tertiary/aromatic N) is 5. The highest BCUT2D eigenvalue weighted by Crippen LogP contribution is 1.90. The summed E-state index contributed by atoms with van der Waals surface area (Å²) in [5.74, 6) is 0.593. The molecule has 2 heterocycles. The molecule has 0 saturated carbocycles. The molecule has 0 aliphatic rings. The fourth-order valence-electron chi connectivity index (χ4n) is 0.721. The Balaban J connectivity index is 2.14. The van der Waals surface area contributed by atoms with Crippen LogP contribution < -0.4 is 0 Å². The van der Waals surface area contributed by atoms with Crippen LogP contribution in [-0.2, 0) is 6.54 Å². The van der Waals surface area contributed by atoms with Crippen molar-refractivity contribution in [2.45, 2.75) is 6.54 Å². The first-order valence-corrected chi connectivity index (χ1v) is 3.03. The fraction of sp³-hybridized carbons (Fsp3) is 0.200. The number of aromatic nitrogens is 5. The van der Waals surface area contributed by atoms with Crippen LogP contribution in [0.4, 0.5) is 0 Å². The summed E-state index contributed by atoms with van der Waals surface area (Å²) < 4.78 is 6.16. The van der Waals surface area contributed by atoms with Crippen LogP contribution in [0.1, 0.15) is 5.82 Å². The summed E-state index contributed by atoms with van der Waals surface area (Å²) in [6.45, 7) is 0.497. The van der Waals surface area contributed by atoms with Gasteiger partial charge in [0.25, 0.3) is 0 Å². The highest BCUT2D eigenvalue weighted by molar-refractivity contribution is 4.78. The third-order valence-electron chi connectivity index (χ3n) is 1.18. The normalized spacial score (nSPS) is 10.2. The molecule has 56 valence electrons. The summed E-state index contributed by atoms with van der Waals surface area (Å²) in [6, 6.07) is 0. The Morgan fingerprint density at radius 1 is 1.55 bits per heavy atom. The maximum atomic E-state index is 4.54. The third kappa shape index (κ3) is 1.23. The second-order valence-corrected chi connectivity index (χ2v) is 1.94. The second-order valence-electron chi connectivity index (χ2n) is 1.94. The highest BCUT2D eigenvalue weighted by Gasteiger charge is 1.98. The zero-order valence-corrected chi connectivity index (χ0v) is 5.58. The first-order valence-electron chi connectivity index (χ1n) is 3.03. The van der Waals surface area contributed by atoms with Crippen molar-refractivity contribution < 1.29 is 4.52 Å². The summed E-state index contributed by atoms with van der Waals surface area (Å²) in [4.78, 5) is 7.59. The van der Waals surface area contributed by atoms with Crippen molar-refractivity contribution in [3.8, 4) is 0 Å². The van der Waals surface area contributed by atoms with Crippen LogP contribution >= 0.6 is 0 Å². The first-order chi connectivity index (χ1) is 5.45. The molecular weight excluding hydrogens is 146 g/mol. The predicted molar refractivity (Wildman–Crippen MR) is 33.4 cm³/mol. The van der Waals surface area contributed by atoms with Crippen LogP contribution in [0.5, 0.6) is 0 Å². The van der Waals surface area contributed by atoms with Gasteiger partial charge in [-0.3, -0.25) is 0 Å². The molecular formula is C5H5N5O. The monoisotopic (exact) mass is 151 g/mol. The Bertz CT molecular complexity index is 267. The molecule has 2 aromatic heterocycles. The van der Waals surface area contributed by atoms with Crippen molar-refractivity contribution in [3.05, 3.63) is 24.9 Å². The van der Waals surface area contributed by atoms with Crippen molar-refractivity contribution in [2.24, 2.45) is 0 Å². The van der Waals surface area contributed by atoms with Gasteiger partial charge in [0.05, 0.1) is 0 Å². The standard InChI is InChI=1S/C5H5N5O/c1(5-7-4-11-9-5)10-3-6-2-8-10/h2-4H,1H2. The van der Waals surface area contributed by atoms with Crippen LogP contribution in [0.15, 0.2) is 23.6 Å². The lowest BCUT2D eigenvalue weighted by Crippen LogP contribution is -2.01. The molecule has 0 fully saturated rings. The van der Waals surface area contributed by atoms with Crippen molar-refractivity contribution in [2.75, 3.05) is 0 Å². The molecule has 0 amide bonds. The van der Waals surface area contributed by atoms with Gasteiger partial charge >= 0.3 is 0 Å². The second kappa shape index (κ2) is 2.49. The van der Waals surface area contributed by atoms with E-state index in [1.54, 1.807) is 11.0 Å².